The lowest BCUT2D eigenvalue weighted by atomic mass is 10.1. The van der Waals surface area contributed by atoms with Crippen LogP contribution in [-0.2, 0) is 0 Å². The average molecular weight is 308 g/mol. The van der Waals surface area contributed by atoms with E-state index < -0.39 is 6.36 Å². The molecular weight excluding hydrogens is 295 g/mol. The Labute approximate surface area is 119 Å². The first-order valence-electron chi connectivity index (χ1n) is 6.10. The van der Waals surface area contributed by atoms with Crippen molar-refractivity contribution in [2.75, 3.05) is 19.0 Å². The smallest absolute Gasteiger partial charge is 0.406 e. The standard InChI is InChI=1S/C13H13ClF3NO2/c14-7-9-5-6-18(8-9)12(19)10-1-3-11(4-2-10)20-13(15,16)17/h1-4,9H,5-8H2. The number of benzene rings is 1. The Morgan fingerprint density at radius 3 is 2.50 bits per heavy atom. The molecule has 3 nitrogen and oxygen atoms in total. The molecule has 0 aliphatic carbocycles. The van der Waals surface area contributed by atoms with Crippen LogP contribution in [0.4, 0.5) is 13.2 Å². The van der Waals surface area contributed by atoms with E-state index in [1.165, 1.54) is 12.1 Å². The van der Waals surface area contributed by atoms with E-state index in [1.807, 2.05) is 0 Å². The van der Waals surface area contributed by atoms with Crippen molar-refractivity contribution in [1.82, 2.24) is 4.90 Å². The number of ether oxygens (including phenoxy) is 1. The van der Waals surface area contributed by atoms with Crippen molar-refractivity contribution in [2.45, 2.75) is 12.8 Å². The molecule has 2 rings (SSSR count). The molecule has 0 aromatic heterocycles. The van der Waals surface area contributed by atoms with E-state index in [-0.39, 0.29) is 17.6 Å². The SMILES string of the molecule is O=C(c1ccc(OC(F)(F)F)cc1)N1CCC(CCl)C1. The van der Waals surface area contributed by atoms with E-state index >= 15 is 0 Å². The number of halogens is 4. The lowest BCUT2D eigenvalue weighted by Gasteiger charge is -2.16. The lowest BCUT2D eigenvalue weighted by molar-refractivity contribution is -0.274. The van der Waals surface area contributed by atoms with Gasteiger partial charge in [-0.05, 0) is 36.6 Å². The molecule has 0 saturated carbocycles. The molecule has 1 heterocycles. The number of nitrogens with zero attached hydrogens (tertiary/aromatic N) is 1. The highest BCUT2D eigenvalue weighted by molar-refractivity contribution is 6.18. The fraction of sp³-hybridized carbons (Fsp3) is 0.462. The molecule has 110 valence electrons. The highest BCUT2D eigenvalue weighted by Crippen LogP contribution is 2.24. The van der Waals surface area contributed by atoms with E-state index in [0.29, 0.717) is 24.5 Å². The zero-order valence-electron chi connectivity index (χ0n) is 10.5. The minimum Gasteiger partial charge on any atom is -0.406 e. The van der Waals surface area contributed by atoms with Gasteiger partial charge in [0.1, 0.15) is 5.75 Å². The third-order valence-corrected chi connectivity index (χ3v) is 3.56. The Hall–Kier alpha value is -1.43. The number of hydrogen-bond acceptors (Lipinski definition) is 2. The summed E-state index contributed by atoms with van der Waals surface area (Å²) in [4.78, 5) is 13.8. The Kier molecular flexibility index (Phi) is 4.42. The van der Waals surface area contributed by atoms with Crippen LogP contribution in [0.1, 0.15) is 16.8 Å². The van der Waals surface area contributed by atoms with Gasteiger partial charge in [0.05, 0.1) is 0 Å². The van der Waals surface area contributed by atoms with Crippen LogP contribution in [-0.4, -0.2) is 36.1 Å². The van der Waals surface area contributed by atoms with E-state index in [1.54, 1.807) is 4.90 Å². The molecule has 1 saturated heterocycles. The van der Waals surface area contributed by atoms with Crippen molar-refractivity contribution in [3.63, 3.8) is 0 Å². The predicted molar refractivity (Wildman–Crippen MR) is 67.9 cm³/mol. The predicted octanol–water partition coefficient (Wildman–Crippen LogP) is 3.29. The van der Waals surface area contributed by atoms with Gasteiger partial charge in [0.2, 0.25) is 0 Å². The summed E-state index contributed by atoms with van der Waals surface area (Å²) in [7, 11) is 0. The van der Waals surface area contributed by atoms with Crippen LogP contribution in [0.2, 0.25) is 0 Å². The van der Waals surface area contributed by atoms with E-state index in [2.05, 4.69) is 4.74 Å². The van der Waals surface area contributed by atoms with Crippen LogP contribution in [0, 0.1) is 5.92 Å². The molecule has 0 radical (unpaired) electrons. The summed E-state index contributed by atoms with van der Waals surface area (Å²) < 4.78 is 39.8. The number of rotatable bonds is 3. The molecule has 1 unspecified atom stereocenters. The van der Waals surface area contributed by atoms with E-state index in [9.17, 15) is 18.0 Å². The normalized spacial score (nSPS) is 19.2. The fourth-order valence-corrected chi connectivity index (χ4v) is 2.38. The Bertz CT molecular complexity index is 475. The number of carbonyl (C=O) groups excluding carboxylic acids is 1. The van der Waals surface area contributed by atoms with Crippen LogP contribution in [0.3, 0.4) is 0 Å². The third kappa shape index (κ3) is 3.79. The second-order valence-corrected chi connectivity index (χ2v) is 4.94. The van der Waals surface area contributed by atoms with Crippen molar-refractivity contribution < 1.29 is 22.7 Å². The van der Waals surface area contributed by atoms with E-state index in [4.69, 9.17) is 11.6 Å². The van der Waals surface area contributed by atoms with Gasteiger partial charge in [-0.3, -0.25) is 4.79 Å². The third-order valence-electron chi connectivity index (χ3n) is 3.13. The molecule has 0 spiro atoms. The van der Waals surface area contributed by atoms with Gasteiger partial charge in [-0.1, -0.05) is 0 Å². The average Bonchev–Trinajstić information content (AvgIpc) is 2.85. The zero-order valence-corrected chi connectivity index (χ0v) is 11.2. The molecule has 0 bridgehead atoms. The molecule has 1 amide bonds. The summed E-state index contributed by atoms with van der Waals surface area (Å²) >= 11 is 5.75. The van der Waals surface area contributed by atoms with Crippen LogP contribution in [0.25, 0.3) is 0 Å². The van der Waals surface area contributed by atoms with Gasteiger partial charge in [-0.2, -0.15) is 0 Å². The maximum atomic E-state index is 12.1. The summed E-state index contributed by atoms with van der Waals surface area (Å²) in [5, 5.41) is 0. The van der Waals surface area contributed by atoms with Crippen LogP contribution in [0.5, 0.6) is 5.75 Å². The summed E-state index contributed by atoms with van der Waals surface area (Å²) in [5.41, 5.74) is 0.342. The molecule has 1 fully saturated rings. The molecule has 1 aliphatic rings. The van der Waals surface area contributed by atoms with Crippen molar-refractivity contribution in [3.05, 3.63) is 29.8 Å². The topological polar surface area (TPSA) is 29.5 Å². The molecule has 7 heteroatoms. The molecule has 1 aliphatic heterocycles. The minimum absolute atomic E-state index is 0.198. The summed E-state index contributed by atoms with van der Waals surface area (Å²) in [5.74, 6) is 0.251. The quantitative estimate of drug-likeness (QED) is 0.802. The number of amides is 1. The largest absolute Gasteiger partial charge is 0.573 e. The summed E-state index contributed by atoms with van der Waals surface area (Å²) in [6.07, 6.45) is -3.88. The summed E-state index contributed by atoms with van der Waals surface area (Å²) in [6, 6.07) is 4.93. The first-order valence-corrected chi connectivity index (χ1v) is 6.63. The van der Waals surface area contributed by atoms with E-state index in [0.717, 1.165) is 18.6 Å². The van der Waals surface area contributed by atoms with Crippen LogP contribution >= 0.6 is 11.6 Å². The van der Waals surface area contributed by atoms with Crippen LogP contribution in [0.15, 0.2) is 24.3 Å². The molecule has 1 aromatic rings. The molecule has 20 heavy (non-hydrogen) atoms. The first-order chi connectivity index (χ1) is 9.39. The highest BCUT2D eigenvalue weighted by Gasteiger charge is 2.31. The maximum absolute atomic E-state index is 12.1. The van der Waals surface area contributed by atoms with Crippen LogP contribution < -0.4 is 4.74 Å². The first kappa shape index (κ1) is 15.0. The van der Waals surface area contributed by atoms with Crippen molar-refractivity contribution in [3.8, 4) is 5.75 Å². The molecular formula is C13H13ClF3NO2. The lowest BCUT2D eigenvalue weighted by Crippen LogP contribution is -2.28. The number of alkyl halides is 4. The molecule has 1 aromatic carbocycles. The Balaban J connectivity index is 2.01. The van der Waals surface area contributed by atoms with Crippen molar-refractivity contribution >= 4 is 17.5 Å². The fourth-order valence-electron chi connectivity index (χ4n) is 2.12. The number of likely N-dealkylation sites (tertiary alicyclic amines) is 1. The highest BCUT2D eigenvalue weighted by atomic mass is 35.5. The van der Waals surface area contributed by atoms with Gasteiger partial charge < -0.3 is 9.64 Å². The second kappa shape index (κ2) is 5.91. The van der Waals surface area contributed by atoms with Gasteiger partial charge in [0, 0.05) is 24.5 Å². The van der Waals surface area contributed by atoms with Crippen molar-refractivity contribution in [1.29, 1.82) is 0 Å². The summed E-state index contributed by atoms with van der Waals surface area (Å²) in [6.45, 7) is 1.21. The Morgan fingerprint density at radius 2 is 2.00 bits per heavy atom. The number of hydrogen-bond donors (Lipinski definition) is 0. The van der Waals surface area contributed by atoms with Gasteiger partial charge in [-0.15, -0.1) is 24.8 Å². The molecule has 1 atom stereocenters. The minimum atomic E-state index is -4.73. The van der Waals surface area contributed by atoms with Gasteiger partial charge in [0.25, 0.3) is 5.91 Å². The molecule has 0 N–H and O–H groups in total. The van der Waals surface area contributed by atoms with Gasteiger partial charge in [0.15, 0.2) is 0 Å². The maximum Gasteiger partial charge on any atom is 0.573 e. The Morgan fingerprint density at radius 1 is 1.35 bits per heavy atom. The zero-order chi connectivity index (χ0) is 14.8. The van der Waals surface area contributed by atoms with Crippen molar-refractivity contribution in [2.24, 2.45) is 5.92 Å². The number of carbonyl (C=O) groups is 1. The monoisotopic (exact) mass is 307 g/mol. The second-order valence-electron chi connectivity index (χ2n) is 4.63. The van der Waals surface area contributed by atoms with Gasteiger partial charge >= 0.3 is 6.36 Å². The van der Waals surface area contributed by atoms with Gasteiger partial charge in [-0.25, -0.2) is 0 Å².